The van der Waals surface area contributed by atoms with E-state index in [1.54, 1.807) is 37.4 Å². The number of hydrogen-bond donors (Lipinski definition) is 2. The van der Waals surface area contributed by atoms with Crippen LogP contribution in [0.2, 0.25) is 0 Å². The number of allylic oxidation sites excluding steroid dienone is 1. The van der Waals surface area contributed by atoms with E-state index < -0.39 is 0 Å². The van der Waals surface area contributed by atoms with Crippen LogP contribution in [0.3, 0.4) is 0 Å². The lowest BCUT2D eigenvalue weighted by Gasteiger charge is -2.13. The Hall–Kier alpha value is -2.95. The molecule has 5 nitrogen and oxygen atoms in total. The Balaban J connectivity index is 2.40. The molecule has 0 atom stereocenters. The molecule has 0 aliphatic rings. The van der Waals surface area contributed by atoms with Gasteiger partial charge in [0.25, 0.3) is 5.91 Å². The van der Waals surface area contributed by atoms with Crippen LogP contribution in [-0.4, -0.2) is 25.2 Å². The molecule has 0 aromatic heterocycles. The van der Waals surface area contributed by atoms with Crippen molar-refractivity contribution in [2.75, 3.05) is 19.5 Å². The minimum atomic E-state index is -0.349. The fraction of sp³-hybridized carbons (Fsp3) is 0.167. The molecule has 23 heavy (non-hydrogen) atoms. The third-order valence-electron chi connectivity index (χ3n) is 3.27. The molecule has 0 radical (unpaired) electrons. The summed E-state index contributed by atoms with van der Waals surface area (Å²) in [6.45, 7) is 1.88. The van der Waals surface area contributed by atoms with Gasteiger partial charge >= 0.3 is 0 Å². The third-order valence-corrected chi connectivity index (χ3v) is 3.27. The normalized spacial score (nSPS) is 10.6. The third kappa shape index (κ3) is 3.63. The molecule has 0 aliphatic carbocycles. The predicted molar refractivity (Wildman–Crippen MR) is 90.3 cm³/mol. The Morgan fingerprint density at radius 3 is 2.52 bits per heavy atom. The molecule has 2 aromatic rings. The number of ether oxygens (including phenoxy) is 2. The Bertz CT molecular complexity index is 738. The highest BCUT2D eigenvalue weighted by Crippen LogP contribution is 2.34. The highest BCUT2D eigenvalue weighted by Gasteiger charge is 2.15. The SMILES string of the molecule is CC=Cc1cc(C(=O)Nc2ccccc2O)cc(OC)c1OC. The molecule has 0 fully saturated rings. The maximum Gasteiger partial charge on any atom is 0.255 e. The summed E-state index contributed by atoms with van der Waals surface area (Å²) in [6.07, 6.45) is 3.68. The van der Waals surface area contributed by atoms with E-state index in [-0.39, 0.29) is 11.7 Å². The van der Waals surface area contributed by atoms with Crippen LogP contribution in [0.15, 0.2) is 42.5 Å². The maximum atomic E-state index is 12.4. The smallest absolute Gasteiger partial charge is 0.255 e. The van der Waals surface area contributed by atoms with Crippen molar-refractivity contribution in [3.8, 4) is 17.2 Å². The van der Waals surface area contributed by atoms with Crippen molar-refractivity contribution in [3.05, 3.63) is 53.6 Å². The lowest BCUT2D eigenvalue weighted by molar-refractivity contribution is 0.102. The largest absolute Gasteiger partial charge is 0.506 e. The van der Waals surface area contributed by atoms with E-state index in [4.69, 9.17) is 9.47 Å². The number of aromatic hydroxyl groups is 1. The highest BCUT2D eigenvalue weighted by molar-refractivity contribution is 6.05. The first-order valence-corrected chi connectivity index (χ1v) is 7.08. The van der Waals surface area contributed by atoms with E-state index in [2.05, 4.69) is 5.32 Å². The van der Waals surface area contributed by atoms with Gasteiger partial charge in [-0.1, -0.05) is 24.3 Å². The monoisotopic (exact) mass is 313 g/mol. The molecule has 0 saturated carbocycles. The number of amides is 1. The van der Waals surface area contributed by atoms with Gasteiger partial charge in [0.2, 0.25) is 0 Å². The van der Waals surface area contributed by atoms with Crippen LogP contribution in [0.4, 0.5) is 5.69 Å². The minimum absolute atomic E-state index is 0.00926. The fourth-order valence-corrected chi connectivity index (χ4v) is 2.20. The van der Waals surface area contributed by atoms with Crippen molar-refractivity contribution < 1.29 is 19.4 Å². The average Bonchev–Trinajstić information content (AvgIpc) is 2.56. The summed E-state index contributed by atoms with van der Waals surface area (Å²) >= 11 is 0. The van der Waals surface area contributed by atoms with E-state index in [9.17, 15) is 9.90 Å². The lowest BCUT2D eigenvalue weighted by atomic mass is 10.1. The highest BCUT2D eigenvalue weighted by atomic mass is 16.5. The number of methoxy groups -OCH3 is 2. The summed E-state index contributed by atoms with van der Waals surface area (Å²) in [5.74, 6) is 0.684. The van der Waals surface area contributed by atoms with Gasteiger partial charge in [0.1, 0.15) is 5.75 Å². The van der Waals surface area contributed by atoms with Crippen LogP contribution in [0, 0.1) is 0 Å². The first kappa shape index (κ1) is 16.4. The van der Waals surface area contributed by atoms with Gasteiger partial charge in [0.15, 0.2) is 11.5 Å². The molecule has 2 rings (SSSR count). The molecular weight excluding hydrogens is 294 g/mol. The number of phenols is 1. The Kier molecular flexibility index (Phi) is 5.25. The molecular formula is C18H19NO4. The van der Waals surface area contributed by atoms with Crippen molar-refractivity contribution in [2.45, 2.75) is 6.92 Å². The van der Waals surface area contributed by atoms with Crippen LogP contribution in [0.25, 0.3) is 6.08 Å². The molecule has 0 heterocycles. The molecule has 2 N–H and O–H groups in total. The van der Waals surface area contributed by atoms with Crippen molar-refractivity contribution >= 4 is 17.7 Å². The molecule has 1 amide bonds. The summed E-state index contributed by atoms with van der Waals surface area (Å²) < 4.78 is 10.6. The zero-order chi connectivity index (χ0) is 16.8. The molecule has 0 unspecified atom stereocenters. The van der Waals surface area contributed by atoms with Crippen LogP contribution in [0.1, 0.15) is 22.8 Å². The fourth-order valence-electron chi connectivity index (χ4n) is 2.20. The number of para-hydroxylation sites is 2. The second-order valence-corrected chi connectivity index (χ2v) is 4.77. The van der Waals surface area contributed by atoms with Gasteiger partial charge in [0.05, 0.1) is 19.9 Å². The summed E-state index contributed by atoms with van der Waals surface area (Å²) in [5.41, 5.74) is 1.48. The van der Waals surface area contributed by atoms with Crippen molar-refractivity contribution in [1.82, 2.24) is 0 Å². The average molecular weight is 313 g/mol. The number of nitrogens with one attached hydrogen (secondary N) is 1. The molecule has 120 valence electrons. The van der Waals surface area contributed by atoms with Gasteiger partial charge in [-0.3, -0.25) is 4.79 Å². The molecule has 5 heteroatoms. The summed E-state index contributed by atoms with van der Waals surface area (Å²) in [5, 5.41) is 12.4. The van der Waals surface area contributed by atoms with Gasteiger partial charge in [-0.05, 0) is 31.2 Å². The van der Waals surface area contributed by atoms with E-state index in [1.165, 1.54) is 13.2 Å². The second-order valence-electron chi connectivity index (χ2n) is 4.77. The summed E-state index contributed by atoms with van der Waals surface area (Å²) in [4.78, 5) is 12.4. The van der Waals surface area contributed by atoms with E-state index in [0.717, 1.165) is 5.56 Å². The zero-order valence-corrected chi connectivity index (χ0v) is 13.3. The maximum absolute atomic E-state index is 12.4. The van der Waals surface area contributed by atoms with Crippen LogP contribution >= 0.6 is 0 Å². The van der Waals surface area contributed by atoms with Gasteiger partial charge in [0, 0.05) is 11.1 Å². The number of anilines is 1. The topological polar surface area (TPSA) is 67.8 Å². The quantitative estimate of drug-likeness (QED) is 0.826. The molecule has 2 aromatic carbocycles. The lowest BCUT2D eigenvalue weighted by Crippen LogP contribution is -2.12. The number of carbonyl (C=O) groups is 1. The predicted octanol–water partition coefficient (Wildman–Crippen LogP) is 3.69. The summed E-state index contributed by atoms with van der Waals surface area (Å²) in [7, 11) is 3.06. The summed E-state index contributed by atoms with van der Waals surface area (Å²) in [6, 6.07) is 9.86. The number of carbonyl (C=O) groups excluding carboxylic acids is 1. The van der Waals surface area contributed by atoms with Gasteiger partial charge in [-0.2, -0.15) is 0 Å². The van der Waals surface area contributed by atoms with Crippen LogP contribution in [0.5, 0.6) is 17.2 Å². The Morgan fingerprint density at radius 2 is 1.91 bits per heavy atom. The van der Waals surface area contributed by atoms with Crippen molar-refractivity contribution in [3.63, 3.8) is 0 Å². The molecule has 0 bridgehead atoms. The second kappa shape index (κ2) is 7.35. The zero-order valence-electron chi connectivity index (χ0n) is 13.3. The number of phenolic OH excluding ortho intramolecular Hbond substituents is 1. The standard InChI is InChI=1S/C18H19NO4/c1-4-7-12-10-13(11-16(22-2)17(12)23-3)18(21)19-14-8-5-6-9-15(14)20/h4-11,20H,1-3H3,(H,19,21). The van der Waals surface area contributed by atoms with Crippen molar-refractivity contribution in [2.24, 2.45) is 0 Å². The van der Waals surface area contributed by atoms with Gasteiger partial charge in [-0.15, -0.1) is 0 Å². The van der Waals surface area contributed by atoms with E-state index in [0.29, 0.717) is 22.7 Å². The Morgan fingerprint density at radius 1 is 1.17 bits per heavy atom. The number of rotatable bonds is 5. The van der Waals surface area contributed by atoms with Crippen LogP contribution in [-0.2, 0) is 0 Å². The number of hydrogen-bond acceptors (Lipinski definition) is 4. The van der Waals surface area contributed by atoms with Crippen LogP contribution < -0.4 is 14.8 Å². The molecule has 0 aliphatic heterocycles. The van der Waals surface area contributed by atoms with E-state index >= 15 is 0 Å². The van der Waals surface area contributed by atoms with E-state index in [1.807, 2.05) is 19.1 Å². The van der Waals surface area contributed by atoms with Gasteiger partial charge < -0.3 is 19.9 Å². The minimum Gasteiger partial charge on any atom is -0.506 e. The van der Waals surface area contributed by atoms with Gasteiger partial charge in [-0.25, -0.2) is 0 Å². The first-order valence-electron chi connectivity index (χ1n) is 7.08. The van der Waals surface area contributed by atoms with Crippen molar-refractivity contribution in [1.29, 1.82) is 0 Å². The Labute approximate surface area is 135 Å². The first-order chi connectivity index (χ1) is 11.1. The number of benzene rings is 2. The molecule has 0 saturated heterocycles. The molecule has 0 spiro atoms.